The van der Waals surface area contributed by atoms with Crippen LogP contribution < -0.4 is 44.0 Å². The van der Waals surface area contributed by atoms with Gasteiger partial charge >= 0.3 is 11.9 Å². The molecule has 2 aliphatic rings. The molecule has 3 amide bonds. The molecule has 14 N–H and O–H groups in total. The molecule has 1 fully saturated rings. The summed E-state index contributed by atoms with van der Waals surface area (Å²) in [4.78, 5) is 76.9. The smallest absolute Gasteiger partial charge is 0.352 e. The number of aliphatic carboxylic acids is 2. The molecule has 258 valence electrons. The molecule has 48 heavy (non-hydrogen) atoms. The first-order valence-electron chi connectivity index (χ1n) is 13.7. The zero-order chi connectivity index (χ0) is 35.7. The molecule has 0 spiro atoms. The molecular weight excluding hydrogens is 676 g/mol. The van der Waals surface area contributed by atoms with Crippen molar-refractivity contribution in [2.45, 2.75) is 43.5 Å². The van der Waals surface area contributed by atoms with Gasteiger partial charge in [0, 0.05) is 29.4 Å². The van der Waals surface area contributed by atoms with E-state index in [4.69, 9.17) is 33.5 Å². The molecule has 2 aliphatic heterocycles. The van der Waals surface area contributed by atoms with Gasteiger partial charge in [0.15, 0.2) is 29.1 Å². The number of hydrogen-bond donors (Lipinski definition) is 9. The van der Waals surface area contributed by atoms with E-state index >= 15 is 0 Å². The first-order chi connectivity index (χ1) is 22.5. The number of aromatic nitrogens is 4. The normalized spacial score (nSPS) is 18.4. The summed E-state index contributed by atoms with van der Waals surface area (Å²) in [7, 11) is 1.58. The molecule has 0 aromatic carbocycles. The Bertz CT molecular complexity index is 1760. The fourth-order valence-electron chi connectivity index (χ4n) is 4.40. The molecule has 22 nitrogen and oxygen atoms in total. The third-order valence-electron chi connectivity index (χ3n) is 7.01. The second-order valence-corrected chi connectivity index (χ2v) is 12.7. The van der Waals surface area contributed by atoms with E-state index in [1.165, 1.54) is 41.2 Å². The van der Waals surface area contributed by atoms with E-state index in [-0.39, 0.29) is 53.0 Å². The van der Waals surface area contributed by atoms with Crippen LogP contribution in [0, 0.1) is 0 Å². The van der Waals surface area contributed by atoms with Crippen molar-refractivity contribution in [2.24, 2.45) is 34.4 Å². The number of oxime groups is 1. The summed E-state index contributed by atoms with van der Waals surface area (Å²) in [5, 5.41) is 27.4. The van der Waals surface area contributed by atoms with E-state index < -0.39 is 58.4 Å². The van der Waals surface area contributed by atoms with Crippen LogP contribution in [-0.2, 0) is 42.4 Å². The molecule has 3 atom stereocenters. The third kappa shape index (κ3) is 7.08. The van der Waals surface area contributed by atoms with Gasteiger partial charge < -0.3 is 54.4 Å². The summed E-state index contributed by atoms with van der Waals surface area (Å²) in [6, 6.07) is -2.27. The lowest BCUT2D eigenvalue weighted by Gasteiger charge is -2.49. The minimum atomic E-state index is -1.83. The highest BCUT2D eigenvalue weighted by Crippen LogP contribution is 2.40. The van der Waals surface area contributed by atoms with Gasteiger partial charge in [0.25, 0.3) is 17.7 Å². The van der Waals surface area contributed by atoms with Gasteiger partial charge in [-0.05, 0) is 13.8 Å². The lowest BCUT2D eigenvalue weighted by atomic mass is 10.0. The van der Waals surface area contributed by atoms with E-state index in [0.29, 0.717) is 5.57 Å². The maximum Gasteiger partial charge on any atom is 0.352 e. The van der Waals surface area contributed by atoms with Crippen LogP contribution in [0.15, 0.2) is 27.6 Å². The number of carbonyl (C=O) groups is 5. The number of carboxylic acid groups (broad SMARTS) is 2. The number of amides is 3. The molecule has 2 aromatic heterocycles. The van der Waals surface area contributed by atoms with Gasteiger partial charge in [0.1, 0.15) is 23.2 Å². The number of carbonyl (C=O) groups excluding carboxylic acids is 3. The summed E-state index contributed by atoms with van der Waals surface area (Å²) >= 11 is 1.93. The van der Waals surface area contributed by atoms with Crippen molar-refractivity contribution in [3.05, 3.63) is 23.3 Å². The Hall–Kier alpha value is -5.49. The fraction of sp³-hybridized carbons (Fsp3) is 0.417. The quantitative estimate of drug-likeness (QED) is 0.0313. The van der Waals surface area contributed by atoms with Crippen LogP contribution in [0.25, 0.3) is 0 Å². The van der Waals surface area contributed by atoms with E-state index in [0.717, 1.165) is 16.4 Å². The predicted molar refractivity (Wildman–Crippen MR) is 171 cm³/mol. The van der Waals surface area contributed by atoms with Crippen molar-refractivity contribution in [1.29, 1.82) is 0 Å². The van der Waals surface area contributed by atoms with Crippen molar-refractivity contribution >= 4 is 81.3 Å². The number of rotatable bonds is 13. The van der Waals surface area contributed by atoms with Crippen LogP contribution in [0.5, 0.6) is 0 Å². The van der Waals surface area contributed by atoms with Crippen LogP contribution in [-0.4, -0.2) is 106 Å². The first kappa shape index (κ1) is 35.4. The number of guanidine groups is 1. The number of nitrogens with one attached hydrogen (secondary N) is 2. The number of β-lactam (4-membered cyclic amide) rings is 1. The van der Waals surface area contributed by atoms with Crippen LogP contribution in [0.3, 0.4) is 0 Å². The van der Waals surface area contributed by atoms with Gasteiger partial charge in [0.2, 0.25) is 23.3 Å². The minimum absolute atomic E-state index is 0.0152. The van der Waals surface area contributed by atoms with Gasteiger partial charge in [0.05, 0.1) is 7.05 Å². The van der Waals surface area contributed by atoms with Crippen molar-refractivity contribution in [3.8, 4) is 0 Å². The topological polar surface area (TPSA) is 352 Å². The number of hydrogen-bond acceptors (Lipinski definition) is 15. The number of fused-ring (bicyclic) bond motifs is 1. The Labute approximate surface area is 279 Å². The van der Waals surface area contributed by atoms with Crippen LogP contribution in [0.4, 0.5) is 16.6 Å². The number of aliphatic imine (C=N–C) groups is 1. The Morgan fingerprint density at radius 2 is 1.94 bits per heavy atom. The maximum atomic E-state index is 13.3. The van der Waals surface area contributed by atoms with Crippen LogP contribution in [0.1, 0.15) is 19.7 Å². The SMILES string of the molecule is Cn1c(N)c(NC(=O)[C@H](CN)N=C(N)N)c[n+]1CC1=C(C(=O)O)N2C(=O)[C@@H](NC(=O)/C(=N/OC(C)(C)C(=O)O)c3nsc(N)n3)[C@H]2SC1. The molecule has 0 radical (unpaired) electrons. The highest BCUT2D eigenvalue weighted by Gasteiger charge is 2.55. The summed E-state index contributed by atoms with van der Waals surface area (Å²) < 4.78 is 6.91. The Balaban J connectivity index is 1.55. The number of anilines is 3. The van der Waals surface area contributed by atoms with Crippen molar-refractivity contribution in [1.82, 2.24) is 24.3 Å². The Kier molecular flexibility index (Phi) is 10.1. The lowest BCUT2D eigenvalue weighted by Crippen LogP contribution is -2.71. The number of nitrogens with two attached hydrogens (primary N) is 5. The van der Waals surface area contributed by atoms with Crippen molar-refractivity contribution in [3.63, 3.8) is 0 Å². The molecule has 2 aromatic rings. The maximum absolute atomic E-state index is 13.3. The van der Waals surface area contributed by atoms with E-state index in [1.54, 1.807) is 7.05 Å². The summed E-state index contributed by atoms with van der Waals surface area (Å²) in [5.41, 5.74) is 26.0. The molecule has 1 saturated heterocycles. The second kappa shape index (κ2) is 13.7. The zero-order valence-corrected chi connectivity index (χ0v) is 27.2. The van der Waals surface area contributed by atoms with Gasteiger partial charge in [-0.1, -0.05) is 5.16 Å². The molecule has 0 aliphatic carbocycles. The number of thioether (sulfide) groups is 1. The average Bonchev–Trinajstić information content (AvgIpc) is 3.55. The first-order valence-corrected chi connectivity index (χ1v) is 15.5. The highest BCUT2D eigenvalue weighted by atomic mass is 32.2. The number of nitrogens with zero attached hydrogens (tertiary/aromatic N) is 7. The minimum Gasteiger partial charge on any atom is -0.478 e. The molecular formula is C24H33N14O8S2+. The van der Waals surface area contributed by atoms with Gasteiger partial charge in [-0.2, -0.15) is 9.36 Å². The van der Waals surface area contributed by atoms with Crippen LogP contribution in [0.2, 0.25) is 0 Å². The average molecular weight is 710 g/mol. The van der Waals surface area contributed by atoms with Gasteiger partial charge in [-0.15, -0.1) is 21.1 Å². The predicted octanol–water partition coefficient (Wildman–Crippen LogP) is -4.11. The molecule has 4 heterocycles. The second-order valence-electron chi connectivity index (χ2n) is 10.8. The van der Waals surface area contributed by atoms with Crippen molar-refractivity contribution < 1.29 is 43.7 Å². The molecule has 0 saturated carbocycles. The summed E-state index contributed by atoms with van der Waals surface area (Å²) in [5.74, 6) is -5.46. The lowest BCUT2D eigenvalue weighted by molar-refractivity contribution is -0.765. The van der Waals surface area contributed by atoms with Crippen molar-refractivity contribution in [2.75, 3.05) is 29.1 Å². The molecule has 24 heteroatoms. The molecule has 0 bridgehead atoms. The largest absolute Gasteiger partial charge is 0.478 e. The van der Waals surface area contributed by atoms with E-state index in [2.05, 4.69) is 30.1 Å². The molecule has 4 rings (SSSR count). The van der Waals surface area contributed by atoms with Crippen LogP contribution >= 0.6 is 23.3 Å². The van der Waals surface area contributed by atoms with E-state index in [1.807, 2.05) is 0 Å². The van der Waals surface area contributed by atoms with Gasteiger partial charge in [-0.3, -0.25) is 19.3 Å². The van der Waals surface area contributed by atoms with E-state index in [9.17, 15) is 34.2 Å². The summed E-state index contributed by atoms with van der Waals surface area (Å²) in [6.07, 6.45) is 1.47. The Morgan fingerprint density at radius 3 is 2.50 bits per heavy atom. The monoisotopic (exact) mass is 709 g/mol. The number of carboxylic acids is 2. The van der Waals surface area contributed by atoms with Gasteiger partial charge in [-0.25, -0.2) is 14.6 Å². The Morgan fingerprint density at radius 1 is 1.25 bits per heavy atom. The molecule has 0 unspecified atom stereocenters. The zero-order valence-electron chi connectivity index (χ0n) is 25.6. The number of nitrogen functional groups attached to an aromatic ring is 2. The fourth-order valence-corrected chi connectivity index (χ4v) is 6.17. The standard InChI is InChI=1S/C24H32N14O8S2/c1-24(2,21(44)45)46-34-11(15-33-23(29)48-35-15)17(40)32-12-18(41)38-13(20(42)43)8(7-47-19(12)38)5-37-6-10(14(26)36(37)3)30-16(39)9(4-25)31-22(27)28/h6,9,12,19,26H,4-5,7,25H2,1-3H3,(H10,27,28,29,30,31,32,33,35,39,40,42,43,44,45)/p+1/b34-11+/t9-,12+,19+/m0/s1. The summed E-state index contributed by atoms with van der Waals surface area (Å²) in [6.45, 7) is 2.17. The highest BCUT2D eigenvalue weighted by molar-refractivity contribution is 8.00. The third-order valence-corrected chi connectivity index (χ3v) is 8.90.